The van der Waals surface area contributed by atoms with Crippen LogP contribution in [0, 0.1) is 0 Å². The van der Waals surface area contributed by atoms with E-state index >= 15 is 0 Å². The Morgan fingerprint density at radius 3 is 2.30 bits per heavy atom. The zero-order chi connectivity index (χ0) is 37.9. The summed E-state index contributed by atoms with van der Waals surface area (Å²) in [6.45, 7) is 24.1. The van der Waals surface area contributed by atoms with E-state index in [0.29, 0.717) is 31.3 Å². The number of nitrogens with zero attached hydrogens (tertiary/aromatic N) is 2. The van der Waals surface area contributed by atoms with Crippen molar-refractivity contribution in [2.24, 2.45) is 4.99 Å². The molecule has 2 saturated heterocycles. The minimum absolute atomic E-state index is 0.0172. The molecule has 2 heterocycles. The van der Waals surface area contributed by atoms with Gasteiger partial charge >= 0.3 is 6.09 Å². The van der Waals surface area contributed by atoms with E-state index in [2.05, 4.69) is 46.7 Å². The molecular weight excluding hydrogens is 654 g/mol. The molecule has 3 N–H and O–H groups in total. The number of halogens is 1. The Labute approximate surface area is 306 Å². The number of rotatable bonds is 12. The fourth-order valence-corrected chi connectivity index (χ4v) is 5.04. The highest BCUT2D eigenvalue weighted by molar-refractivity contribution is 6.30. The summed E-state index contributed by atoms with van der Waals surface area (Å²) in [5.74, 6) is -0.123. The van der Waals surface area contributed by atoms with Crippen LogP contribution in [0.15, 0.2) is 72.0 Å². The molecule has 11 heteroatoms. The van der Waals surface area contributed by atoms with Gasteiger partial charge in [-0.1, -0.05) is 68.5 Å². The van der Waals surface area contributed by atoms with E-state index in [-0.39, 0.29) is 30.8 Å². The van der Waals surface area contributed by atoms with Crippen molar-refractivity contribution in [1.29, 1.82) is 0 Å². The molecule has 2 amide bonds. The number of ether oxygens (including phenoxy) is 3. The molecule has 0 spiro atoms. The number of piperidine rings is 1. The fraction of sp³-hybridized carbons (Fsp3) is 0.513. The van der Waals surface area contributed by atoms with Crippen LogP contribution in [-0.4, -0.2) is 89.5 Å². The van der Waals surface area contributed by atoms with Crippen LogP contribution in [0.4, 0.5) is 4.79 Å². The Balaban J connectivity index is 0.000000961. The molecule has 2 aliphatic heterocycles. The Morgan fingerprint density at radius 1 is 1.16 bits per heavy atom. The maximum absolute atomic E-state index is 12.5. The van der Waals surface area contributed by atoms with Gasteiger partial charge < -0.3 is 35.1 Å². The number of carbonyl (C=O) groups is 2. The normalized spacial score (nSPS) is 15.0. The second kappa shape index (κ2) is 27.9. The number of hydrogen-bond donors (Lipinski definition) is 3. The van der Waals surface area contributed by atoms with Crippen molar-refractivity contribution in [3.63, 3.8) is 0 Å². The van der Waals surface area contributed by atoms with E-state index in [1.807, 2.05) is 64.8 Å². The predicted octanol–water partition coefficient (Wildman–Crippen LogP) is 7.78. The van der Waals surface area contributed by atoms with E-state index in [1.54, 1.807) is 25.8 Å². The molecule has 280 valence electrons. The quantitative estimate of drug-likeness (QED) is 0.115. The fourth-order valence-electron chi connectivity index (χ4n) is 4.86. The summed E-state index contributed by atoms with van der Waals surface area (Å²) in [5, 5.41) is 9.07. The summed E-state index contributed by atoms with van der Waals surface area (Å²) < 4.78 is 15.7. The largest absolute Gasteiger partial charge is 0.446 e. The van der Waals surface area contributed by atoms with Gasteiger partial charge in [0, 0.05) is 64.4 Å². The third-order valence-electron chi connectivity index (χ3n) is 7.58. The van der Waals surface area contributed by atoms with Gasteiger partial charge in [-0.3, -0.25) is 9.79 Å². The number of nitrogens with one attached hydrogen (secondary N) is 3. The molecule has 50 heavy (non-hydrogen) atoms. The molecule has 10 nitrogen and oxygen atoms in total. The average Bonchev–Trinajstić information content (AvgIpc) is 3.12. The molecule has 1 aromatic rings. The SMILES string of the molecule is C=CNC.C=Cc1cc(Cl)ccc1C(CC(=C)C)=C1CCN(C(=O)OC2CCOCC2)CC1.CC.CN=CN/C=C(\C)C(C)NC(=O)COC. The smallest absolute Gasteiger partial charge is 0.410 e. The van der Waals surface area contributed by atoms with Gasteiger partial charge in [0.25, 0.3) is 0 Å². The summed E-state index contributed by atoms with van der Waals surface area (Å²) in [4.78, 5) is 29.3. The van der Waals surface area contributed by atoms with Gasteiger partial charge in [0.1, 0.15) is 12.7 Å². The highest BCUT2D eigenvalue weighted by Gasteiger charge is 2.26. The molecule has 0 radical (unpaired) electrons. The zero-order valence-corrected chi connectivity index (χ0v) is 32.5. The van der Waals surface area contributed by atoms with Crippen molar-refractivity contribution >= 4 is 41.6 Å². The molecule has 0 aromatic heterocycles. The maximum Gasteiger partial charge on any atom is 0.410 e. The van der Waals surface area contributed by atoms with Crippen LogP contribution < -0.4 is 16.0 Å². The Morgan fingerprint density at radius 2 is 1.78 bits per heavy atom. The lowest BCUT2D eigenvalue weighted by Gasteiger charge is -2.32. The van der Waals surface area contributed by atoms with Gasteiger partial charge in [-0.2, -0.15) is 0 Å². The topological polar surface area (TPSA) is 114 Å². The second-order valence-electron chi connectivity index (χ2n) is 11.5. The number of allylic oxidation sites excluding steroid dienone is 2. The van der Waals surface area contributed by atoms with Crippen LogP contribution in [-0.2, 0) is 19.0 Å². The Hall–Kier alpha value is -3.86. The molecule has 1 atom stereocenters. The molecule has 0 saturated carbocycles. The van der Waals surface area contributed by atoms with Crippen LogP contribution in [0.2, 0.25) is 5.02 Å². The van der Waals surface area contributed by atoms with Crippen molar-refractivity contribution < 1.29 is 23.8 Å². The number of carbonyl (C=O) groups excluding carboxylic acids is 2. The lowest BCUT2D eigenvalue weighted by atomic mass is 9.87. The monoisotopic (exact) mass is 715 g/mol. The third-order valence-corrected chi connectivity index (χ3v) is 7.81. The third kappa shape index (κ3) is 18.8. The van der Waals surface area contributed by atoms with Crippen LogP contribution in [0.25, 0.3) is 11.6 Å². The second-order valence-corrected chi connectivity index (χ2v) is 11.9. The molecule has 0 bridgehead atoms. The van der Waals surface area contributed by atoms with Crippen LogP contribution >= 0.6 is 11.6 Å². The van der Waals surface area contributed by atoms with Crippen LogP contribution in [0.3, 0.4) is 0 Å². The van der Waals surface area contributed by atoms with Gasteiger partial charge in [-0.25, -0.2) is 4.79 Å². The molecule has 2 aliphatic rings. The van der Waals surface area contributed by atoms with Gasteiger partial charge in [0.05, 0.1) is 19.6 Å². The summed E-state index contributed by atoms with van der Waals surface area (Å²) >= 11 is 6.18. The van der Waals surface area contributed by atoms with Crippen LogP contribution in [0.1, 0.15) is 77.8 Å². The maximum atomic E-state index is 12.5. The van der Waals surface area contributed by atoms with Crippen molar-refractivity contribution in [2.75, 3.05) is 54.1 Å². The lowest BCUT2D eigenvalue weighted by Crippen LogP contribution is -2.39. The van der Waals surface area contributed by atoms with E-state index in [0.717, 1.165) is 54.4 Å². The van der Waals surface area contributed by atoms with Gasteiger partial charge in [-0.15, -0.1) is 0 Å². The first kappa shape index (κ1) is 46.1. The summed E-state index contributed by atoms with van der Waals surface area (Å²) in [6.07, 6.45) is 10.7. The predicted molar refractivity (Wildman–Crippen MR) is 210 cm³/mol. The highest BCUT2D eigenvalue weighted by Crippen LogP contribution is 2.34. The number of amides is 2. The van der Waals surface area contributed by atoms with Gasteiger partial charge in [-0.05, 0) is 80.6 Å². The molecule has 1 unspecified atom stereocenters. The molecule has 1 aromatic carbocycles. The van der Waals surface area contributed by atoms with E-state index in [1.165, 1.54) is 18.3 Å². The number of hydrogen-bond acceptors (Lipinski definition) is 7. The van der Waals surface area contributed by atoms with Crippen molar-refractivity contribution in [2.45, 2.75) is 78.9 Å². The number of aliphatic imine (C=N–C) groups is 1. The molecule has 2 fully saturated rings. The van der Waals surface area contributed by atoms with Crippen LogP contribution in [0.5, 0.6) is 0 Å². The Bertz CT molecular complexity index is 1280. The summed E-state index contributed by atoms with van der Waals surface area (Å²) in [5.41, 5.74) is 6.96. The standard InChI is InChI=1S/C24H30ClNO3.C10H19N3O2.C3H7N.C2H6/c1-4-18-16-20(25)5-6-22(18)23(15-17(2)3)19-7-11-26(12-8-19)24(27)29-21-9-13-28-14-10-21;1-8(5-12-7-11-3)9(2)13-10(14)6-15-4;1-3-4-2;1-2/h4-6,16,21H,1-2,7-15H2,3H3;5,7,9H,6H2,1-4H3,(H,11,12)(H,13,14);3-4H,1H2,2H3;1-2H3/b;8-5+;;. The summed E-state index contributed by atoms with van der Waals surface area (Å²) in [7, 11) is 4.99. The van der Waals surface area contributed by atoms with E-state index < -0.39 is 0 Å². The lowest BCUT2D eigenvalue weighted by molar-refractivity contribution is -0.125. The first-order chi connectivity index (χ1) is 24.0. The number of likely N-dealkylation sites (tertiary alicyclic amines) is 1. The van der Waals surface area contributed by atoms with E-state index in [4.69, 9.17) is 25.8 Å². The number of benzene rings is 1. The first-order valence-corrected chi connectivity index (χ1v) is 17.6. The van der Waals surface area contributed by atoms with Crippen molar-refractivity contribution in [3.8, 4) is 0 Å². The minimum atomic E-state index is -0.198. The minimum Gasteiger partial charge on any atom is -0.446 e. The molecular formula is C39H62ClN5O5. The van der Waals surface area contributed by atoms with Crippen molar-refractivity contribution in [1.82, 2.24) is 20.9 Å². The average molecular weight is 716 g/mol. The van der Waals surface area contributed by atoms with Crippen molar-refractivity contribution in [3.05, 3.63) is 83.2 Å². The van der Waals surface area contributed by atoms with E-state index in [9.17, 15) is 9.59 Å². The first-order valence-electron chi connectivity index (χ1n) is 17.2. The number of methoxy groups -OCH3 is 1. The van der Waals surface area contributed by atoms with Gasteiger partial charge in [0.2, 0.25) is 5.91 Å². The summed E-state index contributed by atoms with van der Waals surface area (Å²) in [6, 6.07) is 5.91. The Kier molecular flexibility index (Phi) is 25.8. The van der Waals surface area contributed by atoms with Gasteiger partial charge in [0.15, 0.2) is 0 Å². The highest BCUT2D eigenvalue weighted by atomic mass is 35.5. The molecule has 0 aliphatic carbocycles. The molecule has 3 rings (SSSR count). The zero-order valence-electron chi connectivity index (χ0n) is 31.7.